The summed E-state index contributed by atoms with van der Waals surface area (Å²) in [6.45, 7) is 2.29. The molecule has 4 atom stereocenters. The molecular formula is C27H39F3. The molecule has 1 aromatic carbocycles. The van der Waals surface area contributed by atoms with E-state index in [1.165, 1.54) is 76.3 Å². The highest BCUT2D eigenvalue weighted by Crippen LogP contribution is 2.50. The SMILES string of the molecule is CCCCC[C@H]1CC[C@@H]2C[C@H](C3CCC(c4cc(F)c(F)c(F)c4)CC3)CC[C@H]2C1. The van der Waals surface area contributed by atoms with Crippen LogP contribution in [0.4, 0.5) is 13.2 Å². The first-order valence-electron chi connectivity index (χ1n) is 12.7. The number of fused-ring (bicyclic) bond motifs is 1. The van der Waals surface area contributed by atoms with E-state index in [9.17, 15) is 13.2 Å². The fourth-order valence-electron chi connectivity index (χ4n) is 7.13. The maximum Gasteiger partial charge on any atom is 0.194 e. The molecule has 3 saturated carbocycles. The summed E-state index contributed by atoms with van der Waals surface area (Å²) in [6, 6.07) is 2.43. The normalized spacial score (nSPS) is 34.5. The molecule has 3 fully saturated rings. The van der Waals surface area contributed by atoms with Crippen molar-refractivity contribution in [2.75, 3.05) is 0 Å². The van der Waals surface area contributed by atoms with E-state index in [2.05, 4.69) is 6.92 Å². The van der Waals surface area contributed by atoms with Crippen molar-refractivity contribution in [2.45, 2.75) is 103 Å². The highest BCUT2D eigenvalue weighted by atomic mass is 19.2. The van der Waals surface area contributed by atoms with Crippen molar-refractivity contribution in [1.82, 2.24) is 0 Å². The molecule has 168 valence electrons. The monoisotopic (exact) mass is 420 g/mol. The van der Waals surface area contributed by atoms with Crippen LogP contribution in [-0.2, 0) is 0 Å². The first-order valence-corrected chi connectivity index (χ1v) is 12.7. The Hall–Kier alpha value is -0.990. The zero-order valence-corrected chi connectivity index (χ0v) is 18.7. The molecule has 3 heteroatoms. The average molecular weight is 421 g/mol. The largest absolute Gasteiger partial charge is 0.204 e. The van der Waals surface area contributed by atoms with Crippen LogP contribution in [0.15, 0.2) is 12.1 Å². The predicted molar refractivity (Wildman–Crippen MR) is 117 cm³/mol. The van der Waals surface area contributed by atoms with Gasteiger partial charge in [0.05, 0.1) is 0 Å². The van der Waals surface area contributed by atoms with Crippen molar-refractivity contribution >= 4 is 0 Å². The van der Waals surface area contributed by atoms with Gasteiger partial charge in [0.25, 0.3) is 0 Å². The van der Waals surface area contributed by atoms with Crippen LogP contribution < -0.4 is 0 Å². The van der Waals surface area contributed by atoms with Crippen molar-refractivity contribution in [1.29, 1.82) is 0 Å². The van der Waals surface area contributed by atoms with Gasteiger partial charge in [-0.2, -0.15) is 0 Å². The van der Waals surface area contributed by atoms with Gasteiger partial charge in [-0.05, 0) is 111 Å². The Balaban J connectivity index is 1.26. The Labute approximate surface area is 181 Å². The van der Waals surface area contributed by atoms with E-state index in [0.29, 0.717) is 5.56 Å². The zero-order valence-electron chi connectivity index (χ0n) is 18.7. The van der Waals surface area contributed by atoms with Gasteiger partial charge in [-0.1, -0.05) is 39.0 Å². The van der Waals surface area contributed by atoms with Gasteiger partial charge in [0, 0.05) is 0 Å². The third-order valence-electron chi connectivity index (χ3n) is 8.89. The van der Waals surface area contributed by atoms with E-state index in [-0.39, 0.29) is 5.92 Å². The number of rotatable bonds is 6. The topological polar surface area (TPSA) is 0 Å². The van der Waals surface area contributed by atoms with Gasteiger partial charge in [-0.15, -0.1) is 0 Å². The molecule has 3 aliphatic carbocycles. The zero-order chi connectivity index (χ0) is 21.1. The van der Waals surface area contributed by atoms with Crippen LogP contribution in [0, 0.1) is 47.0 Å². The van der Waals surface area contributed by atoms with Crippen molar-refractivity contribution in [3.63, 3.8) is 0 Å². The Morgan fingerprint density at radius 3 is 1.93 bits per heavy atom. The molecule has 0 bridgehead atoms. The fraction of sp³-hybridized carbons (Fsp3) is 0.778. The predicted octanol–water partition coefficient (Wildman–Crippen LogP) is 8.79. The minimum Gasteiger partial charge on any atom is -0.204 e. The van der Waals surface area contributed by atoms with E-state index < -0.39 is 17.5 Å². The molecule has 0 saturated heterocycles. The van der Waals surface area contributed by atoms with E-state index in [1.807, 2.05) is 0 Å². The quantitative estimate of drug-likeness (QED) is 0.319. The Bertz CT molecular complexity index is 668. The average Bonchev–Trinajstić information content (AvgIpc) is 2.77. The highest BCUT2D eigenvalue weighted by Gasteiger charge is 2.38. The van der Waals surface area contributed by atoms with E-state index in [1.54, 1.807) is 0 Å². The van der Waals surface area contributed by atoms with Gasteiger partial charge in [-0.25, -0.2) is 13.2 Å². The lowest BCUT2D eigenvalue weighted by Gasteiger charge is -2.45. The summed E-state index contributed by atoms with van der Waals surface area (Å²) >= 11 is 0. The smallest absolute Gasteiger partial charge is 0.194 e. The van der Waals surface area contributed by atoms with Gasteiger partial charge >= 0.3 is 0 Å². The number of halogens is 3. The van der Waals surface area contributed by atoms with Crippen LogP contribution in [-0.4, -0.2) is 0 Å². The van der Waals surface area contributed by atoms with Crippen LogP contribution in [0.2, 0.25) is 0 Å². The van der Waals surface area contributed by atoms with Gasteiger partial charge in [0.1, 0.15) is 0 Å². The molecule has 3 aliphatic rings. The molecule has 0 amide bonds. The maximum atomic E-state index is 13.6. The molecule has 4 rings (SSSR count). The lowest BCUT2D eigenvalue weighted by molar-refractivity contribution is 0.0613. The third kappa shape index (κ3) is 5.07. The minimum atomic E-state index is -1.34. The Kier molecular flexibility index (Phi) is 7.47. The number of unbranched alkanes of at least 4 members (excludes halogenated alkanes) is 2. The van der Waals surface area contributed by atoms with Gasteiger partial charge in [0.15, 0.2) is 17.5 Å². The van der Waals surface area contributed by atoms with Gasteiger partial charge < -0.3 is 0 Å². The lowest BCUT2D eigenvalue weighted by Crippen LogP contribution is -2.34. The second-order valence-electron chi connectivity index (χ2n) is 10.7. The summed E-state index contributed by atoms with van der Waals surface area (Å²) in [5.74, 6) is 1.29. The summed E-state index contributed by atoms with van der Waals surface area (Å²) in [5.41, 5.74) is 0.648. The molecule has 0 aliphatic heterocycles. The summed E-state index contributed by atoms with van der Waals surface area (Å²) in [5, 5.41) is 0. The van der Waals surface area contributed by atoms with Gasteiger partial charge in [-0.3, -0.25) is 0 Å². The van der Waals surface area contributed by atoms with E-state index in [4.69, 9.17) is 0 Å². The summed E-state index contributed by atoms with van der Waals surface area (Å²) in [7, 11) is 0. The first kappa shape index (κ1) is 22.2. The molecule has 0 nitrogen and oxygen atoms in total. The fourth-order valence-corrected chi connectivity index (χ4v) is 7.13. The van der Waals surface area contributed by atoms with E-state index in [0.717, 1.165) is 55.3 Å². The van der Waals surface area contributed by atoms with Crippen LogP contribution in [0.5, 0.6) is 0 Å². The van der Waals surface area contributed by atoms with Crippen LogP contribution >= 0.6 is 0 Å². The molecule has 30 heavy (non-hydrogen) atoms. The minimum absolute atomic E-state index is 0.181. The number of benzene rings is 1. The van der Waals surface area contributed by atoms with Crippen molar-refractivity contribution in [2.24, 2.45) is 29.6 Å². The van der Waals surface area contributed by atoms with Gasteiger partial charge in [0.2, 0.25) is 0 Å². The lowest BCUT2D eigenvalue weighted by atomic mass is 9.60. The third-order valence-corrected chi connectivity index (χ3v) is 8.89. The molecule has 0 spiro atoms. The Morgan fingerprint density at radius 1 is 0.700 bits per heavy atom. The summed E-state index contributed by atoms with van der Waals surface area (Å²) < 4.78 is 40.5. The molecule has 0 heterocycles. The van der Waals surface area contributed by atoms with Crippen molar-refractivity contribution < 1.29 is 13.2 Å². The molecule has 0 aromatic heterocycles. The second-order valence-corrected chi connectivity index (χ2v) is 10.7. The standard InChI is InChI=1S/C27H39F3/c1-2-3-4-5-18-6-7-23-15-22(13-12-21(23)14-18)19-8-10-20(11-9-19)24-16-25(28)27(30)26(29)17-24/h16-23H,2-15H2,1H3/t18-,19?,20?,21-,22+,23+/m0/s1. The highest BCUT2D eigenvalue weighted by molar-refractivity contribution is 5.23. The molecule has 0 N–H and O–H groups in total. The Morgan fingerprint density at radius 2 is 1.27 bits per heavy atom. The number of hydrogen-bond acceptors (Lipinski definition) is 0. The van der Waals surface area contributed by atoms with Crippen LogP contribution in [0.25, 0.3) is 0 Å². The van der Waals surface area contributed by atoms with E-state index >= 15 is 0 Å². The molecule has 0 unspecified atom stereocenters. The first-order chi connectivity index (χ1) is 14.5. The molecule has 1 aromatic rings. The summed E-state index contributed by atoms with van der Waals surface area (Å²) in [4.78, 5) is 0. The molecular weight excluding hydrogens is 381 g/mol. The van der Waals surface area contributed by atoms with Crippen LogP contribution in [0.3, 0.4) is 0 Å². The number of hydrogen-bond donors (Lipinski definition) is 0. The second kappa shape index (κ2) is 10.1. The molecule has 0 radical (unpaired) electrons. The summed E-state index contributed by atoms with van der Waals surface area (Å²) in [6.07, 6.45) is 18.5. The maximum absolute atomic E-state index is 13.6. The van der Waals surface area contributed by atoms with Crippen molar-refractivity contribution in [3.8, 4) is 0 Å². The van der Waals surface area contributed by atoms with Crippen LogP contribution in [0.1, 0.15) is 108 Å². The van der Waals surface area contributed by atoms with Crippen molar-refractivity contribution in [3.05, 3.63) is 35.1 Å².